The van der Waals surface area contributed by atoms with Crippen molar-refractivity contribution in [1.29, 1.82) is 0 Å². The average molecular weight is 316 g/mol. The monoisotopic (exact) mass is 316 g/mol. The molecule has 6 heteroatoms. The van der Waals surface area contributed by atoms with Gasteiger partial charge in [0.15, 0.2) is 5.96 Å². The Kier molecular flexibility index (Phi) is 3.92. The first-order valence-electron chi connectivity index (χ1n) is 7.98. The number of nitrogens with two attached hydrogens (primary N) is 1. The Balaban J connectivity index is 1.82. The third kappa shape index (κ3) is 2.62. The Hall–Kier alpha value is -2.24. The summed E-state index contributed by atoms with van der Waals surface area (Å²) in [6.07, 6.45) is 2.01. The van der Waals surface area contributed by atoms with E-state index in [2.05, 4.69) is 16.0 Å². The summed E-state index contributed by atoms with van der Waals surface area (Å²) in [6, 6.07) is 8.04. The van der Waals surface area contributed by atoms with Gasteiger partial charge in [0, 0.05) is 37.8 Å². The molecule has 124 valence electrons. The highest BCUT2D eigenvalue weighted by atomic mass is 16.5. The summed E-state index contributed by atoms with van der Waals surface area (Å²) in [5.74, 6) is 1.30. The summed E-state index contributed by atoms with van der Waals surface area (Å²) >= 11 is 0. The summed E-state index contributed by atoms with van der Waals surface area (Å²) in [7, 11) is 3.36. The third-order valence-electron chi connectivity index (χ3n) is 5.06. The maximum Gasteiger partial charge on any atom is 0.257 e. The predicted molar refractivity (Wildman–Crippen MR) is 90.7 cm³/mol. The number of amides is 1. The van der Waals surface area contributed by atoms with Gasteiger partial charge in [-0.05, 0) is 31.9 Å². The van der Waals surface area contributed by atoms with Crippen LogP contribution in [0.2, 0.25) is 0 Å². The second-order valence-electron chi connectivity index (χ2n) is 6.47. The number of nitrogens with zero attached hydrogens (tertiary/aromatic N) is 3. The molecule has 0 saturated carbocycles. The molecule has 0 spiro atoms. The minimum atomic E-state index is -0.754. The highest BCUT2D eigenvalue weighted by Crippen LogP contribution is 2.36. The molecule has 1 aromatic carbocycles. The van der Waals surface area contributed by atoms with Gasteiger partial charge < -0.3 is 15.4 Å². The first-order valence-corrected chi connectivity index (χ1v) is 7.98. The Morgan fingerprint density at radius 3 is 2.87 bits per heavy atom. The first kappa shape index (κ1) is 15.6. The first-order chi connectivity index (χ1) is 11.0. The number of anilines is 1. The van der Waals surface area contributed by atoms with Gasteiger partial charge in [-0.1, -0.05) is 6.07 Å². The maximum absolute atomic E-state index is 12.6. The molecule has 1 saturated heterocycles. The van der Waals surface area contributed by atoms with Crippen LogP contribution in [0.4, 0.5) is 5.69 Å². The number of methoxy groups -OCH3 is 1. The highest BCUT2D eigenvalue weighted by Gasteiger charge is 2.49. The average Bonchev–Trinajstić information content (AvgIpc) is 2.79. The number of carbonyl (C=O) groups is 1. The van der Waals surface area contributed by atoms with E-state index in [1.165, 1.54) is 4.90 Å². The molecule has 2 N–H and O–H groups in total. The molecule has 2 aliphatic heterocycles. The van der Waals surface area contributed by atoms with E-state index in [-0.39, 0.29) is 11.8 Å². The van der Waals surface area contributed by atoms with Gasteiger partial charge in [-0.3, -0.25) is 9.69 Å². The van der Waals surface area contributed by atoms with Crippen LogP contribution in [-0.4, -0.2) is 49.6 Å². The summed E-state index contributed by atoms with van der Waals surface area (Å²) in [5.41, 5.74) is 6.22. The van der Waals surface area contributed by atoms with Crippen LogP contribution in [0.1, 0.15) is 19.8 Å². The van der Waals surface area contributed by atoms with Gasteiger partial charge in [0.2, 0.25) is 0 Å². The quantitative estimate of drug-likeness (QED) is 0.916. The Bertz CT molecular complexity index is 645. The molecular weight excluding hydrogens is 292 g/mol. The molecule has 1 aromatic rings. The highest BCUT2D eigenvalue weighted by molar-refractivity contribution is 6.06. The van der Waals surface area contributed by atoms with Crippen LogP contribution < -0.4 is 15.4 Å². The van der Waals surface area contributed by atoms with Crippen molar-refractivity contribution in [2.45, 2.75) is 25.3 Å². The van der Waals surface area contributed by atoms with Crippen LogP contribution in [0, 0.1) is 5.92 Å². The lowest BCUT2D eigenvalue weighted by Crippen LogP contribution is -2.50. The van der Waals surface area contributed by atoms with Gasteiger partial charge in [-0.15, -0.1) is 0 Å². The van der Waals surface area contributed by atoms with Crippen LogP contribution in [0.25, 0.3) is 0 Å². The van der Waals surface area contributed by atoms with E-state index < -0.39 is 5.54 Å². The molecule has 0 aliphatic carbocycles. The lowest BCUT2D eigenvalue weighted by Gasteiger charge is -2.39. The fourth-order valence-electron chi connectivity index (χ4n) is 3.55. The largest absolute Gasteiger partial charge is 0.497 e. The van der Waals surface area contributed by atoms with Crippen molar-refractivity contribution in [3.05, 3.63) is 24.3 Å². The van der Waals surface area contributed by atoms with Crippen molar-refractivity contribution < 1.29 is 9.53 Å². The number of aliphatic imine (C=N–C) groups is 1. The topological polar surface area (TPSA) is 71.2 Å². The van der Waals surface area contributed by atoms with Crippen molar-refractivity contribution >= 4 is 17.6 Å². The van der Waals surface area contributed by atoms with Gasteiger partial charge in [0.05, 0.1) is 7.11 Å². The zero-order valence-corrected chi connectivity index (χ0v) is 14.0. The van der Waals surface area contributed by atoms with E-state index in [0.29, 0.717) is 5.96 Å². The lowest BCUT2D eigenvalue weighted by atomic mass is 9.80. The lowest BCUT2D eigenvalue weighted by molar-refractivity contribution is -0.131. The minimum absolute atomic E-state index is 0.00695. The molecule has 0 radical (unpaired) electrons. The van der Waals surface area contributed by atoms with Crippen molar-refractivity contribution in [3.63, 3.8) is 0 Å². The van der Waals surface area contributed by atoms with E-state index in [0.717, 1.165) is 37.4 Å². The summed E-state index contributed by atoms with van der Waals surface area (Å²) < 4.78 is 5.31. The second kappa shape index (κ2) is 5.76. The Labute approximate surface area is 136 Å². The van der Waals surface area contributed by atoms with E-state index in [9.17, 15) is 4.79 Å². The van der Waals surface area contributed by atoms with Gasteiger partial charge in [0.1, 0.15) is 11.3 Å². The van der Waals surface area contributed by atoms with E-state index >= 15 is 0 Å². The number of rotatable bonds is 3. The maximum atomic E-state index is 12.6. The standard InChI is InChI=1S/C17H24N4O2/c1-17(15(22)20(2)16(18)19-17)12-6-5-9-21(11-12)13-7-4-8-14(10-13)23-3/h4,7-8,10,12H,5-6,9,11H2,1-3H3,(H2,18,19)/t12?,17-/m1/s1. The SMILES string of the molecule is COc1cccc(N2CCCC([C@@]3(C)N=C(N)N(C)C3=O)C2)c1. The van der Waals surface area contributed by atoms with Crippen molar-refractivity contribution in [2.75, 3.05) is 32.1 Å². The molecule has 2 heterocycles. The fraction of sp³-hybridized carbons (Fsp3) is 0.529. The minimum Gasteiger partial charge on any atom is -0.497 e. The number of hydrogen-bond acceptors (Lipinski definition) is 5. The number of benzene rings is 1. The number of carbonyl (C=O) groups excluding carboxylic acids is 1. The van der Waals surface area contributed by atoms with E-state index in [1.807, 2.05) is 25.1 Å². The van der Waals surface area contributed by atoms with Crippen LogP contribution in [-0.2, 0) is 4.79 Å². The van der Waals surface area contributed by atoms with Crippen LogP contribution >= 0.6 is 0 Å². The molecule has 6 nitrogen and oxygen atoms in total. The van der Waals surface area contributed by atoms with Gasteiger partial charge in [-0.25, -0.2) is 4.99 Å². The molecule has 2 aliphatic rings. The van der Waals surface area contributed by atoms with Crippen molar-refractivity contribution in [1.82, 2.24) is 4.90 Å². The number of hydrogen-bond donors (Lipinski definition) is 1. The van der Waals surface area contributed by atoms with Crippen molar-refractivity contribution in [2.24, 2.45) is 16.6 Å². The molecule has 0 bridgehead atoms. The van der Waals surface area contributed by atoms with Gasteiger partial charge >= 0.3 is 0 Å². The summed E-state index contributed by atoms with van der Waals surface area (Å²) in [4.78, 5) is 20.8. The molecule has 0 aromatic heterocycles. The van der Waals surface area contributed by atoms with Crippen LogP contribution in [0.3, 0.4) is 0 Å². The summed E-state index contributed by atoms with van der Waals surface area (Å²) in [6.45, 7) is 3.68. The number of piperidine rings is 1. The number of ether oxygens (including phenoxy) is 1. The van der Waals surface area contributed by atoms with Crippen molar-refractivity contribution in [3.8, 4) is 5.75 Å². The third-order valence-corrected chi connectivity index (χ3v) is 5.06. The number of likely N-dealkylation sites (N-methyl/N-ethyl adjacent to an activating group) is 1. The molecule has 3 rings (SSSR count). The van der Waals surface area contributed by atoms with Gasteiger partial charge in [-0.2, -0.15) is 0 Å². The van der Waals surface area contributed by atoms with Gasteiger partial charge in [0.25, 0.3) is 5.91 Å². The molecule has 23 heavy (non-hydrogen) atoms. The Morgan fingerprint density at radius 1 is 1.43 bits per heavy atom. The molecule has 2 atom stereocenters. The van der Waals surface area contributed by atoms with Crippen LogP contribution in [0.5, 0.6) is 5.75 Å². The number of guanidine groups is 1. The normalized spacial score (nSPS) is 28.0. The summed E-state index contributed by atoms with van der Waals surface area (Å²) in [5, 5.41) is 0. The second-order valence-corrected chi connectivity index (χ2v) is 6.47. The predicted octanol–water partition coefficient (Wildman–Crippen LogP) is 1.46. The van der Waals surface area contributed by atoms with Crippen LogP contribution in [0.15, 0.2) is 29.3 Å². The molecule has 1 amide bonds. The molecule has 1 fully saturated rings. The van der Waals surface area contributed by atoms with E-state index in [4.69, 9.17) is 10.5 Å². The molecular formula is C17H24N4O2. The Morgan fingerprint density at radius 2 is 2.22 bits per heavy atom. The zero-order valence-electron chi connectivity index (χ0n) is 14.0. The zero-order chi connectivity index (χ0) is 16.6. The smallest absolute Gasteiger partial charge is 0.257 e. The van der Waals surface area contributed by atoms with E-state index in [1.54, 1.807) is 14.2 Å². The fourth-order valence-corrected chi connectivity index (χ4v) is 3.55. The molecule has 1 unspecified atom stereocenters.